The number of benzene rings is 1. The lowest BCUT2D eigenvalue weighted by atomic mass is 10.1. The molecule has 3 nitrogen and oxygen atoms in total. The Kier molecular flexibility index (Phi) is 3.36. The van der Waals surface area contributed by atoms with E-state index in [2.05, 4.69) is 0 Å². The number of anilines is 1. The topological polar surface area (TPSA) is 32.7 Å². The van der Waals surface area contributed by atoms with Gasteiger partial charge in [0.1, 0.15) is 17.3 Å². The molecule has 1 aliphatic rings. The van der Waals surface area contributed by atoms with E-state index in [1.807, 2.05) is 0 Å². The number of hydrogen-bond acceptors (Lipinski definition) is 3. The summed E-state index contributed by atoms with van der Waals surface area (Å²) in [6.45, 7) is 1.54. The molecule has 0 saturated carbocycles. The minimum Gasteiger partial charge on any atom is -0.392 e. The summed E-state index contributed by atoms with van der Waals surface area (Å²) in [5.74, 6) is -1.27. The maximum absolute atomic E-state index is 13.6. The van der Waals surface area contributed by atoms with Gasteiger partial charge in [0.2, 0.25) is 0 Å². The van der Waals surface area contributed by atoms with Crippen LogP contribution in [0, 0.1) is 11.6 Å². The van der Waals surface area contributed by atoms with E-state index in [4.69, 9.17) is 9.84 Å². The monoisotopic (exact) mass is 229 g/mol. The van der Waals surface area contributed by atoms with Crippen molar-refractivity contribution in [2.75, 3.05) is 31.2 Å². The first-order valence-electron chi connectivity index (χ1n) is 5.14. The van der Waals surface area contributed by atoms with Gasteiger partial charge in [-0.15, -0.1) is 0 Å². The van der Waals surface area contributed by atoms with Crippen LogP contribution in [0.4, 0.5) is 14.5 Å². The Labute approximate surface area is 92.2 Å². The summed E-state index contributed by atoms with van der Waals surface area (Å²) in [7, 11) is 0. The second kappa shape index (κ2) is 4.76. The van der Waals surface area contributed by atoms with Gasteiger partial charge in [-0.25, -0.2) is 8.78 Å². The van der Waals surface area contributed by atoms with Crippen molar-refractivity contribution >= 4 is 5.69 Å². The lowest BCUT2D eigenvalue weighted by Gasteiger charge is -2.29. The number of ether oxygens (including phenoxy) is 1. The van der Waals surface area contributed by atoms with Crippen molar-refractivity contribution in [2.45, 2.75) is 6.61 Å². The largest absolute Gasteiger partial charge is 0.392 e. The smallest absolute Gasteiger partial charge is 0.149 e. The van der Waals surface area contributed by atoms with Gasteiger partial charge in [0, 0.05) is 13.1 Å². The van der Waals surface area contributed by atoms with Crippen LogP contribution in [0.25, 0.3) is 0 Å². The molecule has 0 radical (unpaired) electrons. The fourth-order valence-electron chi connectivity index (χ4n) is 1.80. The highest BCUT2D eigenvalue weighted by Crippen LogP contribution is 2.25. The molecule has 16 heavy (non-hydrogen) atoms. The predicted octanol–water partition coefficient (Wildman–Crippen LogP) is 1.29. The van der Waals surface area contributed by atoms with Crippen molar-refractivity contribution in [3.05, 3.63) is 29.3 Å². The number of rotatable bonds is 2. The van der Waals surface area contributed by atoms with Crippen LogP contribution in [0.1, 0.15) is 5.56 Å². The van der Waals surface area contributed by atoms with Crippen molar-refractivity contribution in [3.63, 3.8) is 0 Å². The summed E-state index contributed by atoms with van der Waals surface area (Å²) in [6.07, 6.45) is 0. The maximum Gasteiger partial charge on any atom is 0.149 e. The number of nitrogens with zero attached hydrogens (tertiary/aromatic N) is 1. The minimum atomic E-state index is -0.633. The van der Waals surface area contributed by atoms with Gasteiger partial charge < -0.3 is 14.7 Å². The molecule has 1 aliphatic heterocycles. The highest BCUT2D eigenvalue weighted by molar-refractivity contribution is 5.51. The Hall–Kier alpha value is -1.20. The summed E-state index contributed by atoms with van der Waals surface area (Å²) < 4.78 is 32.4. The van der Waals surface area contributed by atoms with E-state index < -0.39 is 11.6 Å². The highest BCUT2D eigenvalue weighted by atomic mass is 19.1. The van der Waals surface area contributed by atoms with E-state index in [9.17, 15) is 8.78 Å². The zero-order valence-corrected chi connectivity index (χ0v) is 8.75. The Morgan fingerprint density at radius 2 is 1.75 bits per heavy atom. The van der Waals surface area contributed by atoms with Crippen molar-refractivity contribution in [2.24, 2.45) is 0 Å². The van der Waals surface area contributed by atoms with E-state index in [0.717, 1.165) is 12.1 Å². The Morgan fingerprint density at radius 1 is 1.19 bits per heavy atom. The molecule has 1 aromatic carbocycles. The summed E-state index contributed by atoms with van der Waals surface area (Å²) in [4.78, 5) is 1.62. The van der Waals surface area contributed by atoms with Crippen LogP contribution < -0.4 is 4.90 Å². The van der Waals surface area contributed by atoms with Crippen molar-refractivity contribution in [1.82, 2.24) is 0 Å². The van der Waals surface area contributed by atoms with Crippen LogP contribution >= 0.6 is 0 Å². The normalized spacial score (nSPS) is 16.6. The number of hydrogen-bond donors (Lipinski definition) is 1. The van der Waals surface area contributed by atoms with Crippen LogP contribution in [0.2, 0.25) is 0 Å². The van der Waals surface area contributed by atoms with Crippen molar-refractivity contribution in [3.8, 4) is 0 Å². The third-order valence-electron chi connectivity index (χ3n) is 2.59. The maximum atomic E-state index is 13.6. The minimum absolute atomic E-state index is 0.0273. The van der Waals surface area contributed by atoms with E-state index >= 15 is 0 Å². The van der Waals surface area contributed by atoms with Gasteiger partial charge in [-0.1, -0.05) is 0 Å². The second-order valence-corrected chi connectivity index (χ2v) is 3.67. The van der Waals surface area contributed by atoms with Crippen LogP contribution in [-0.4, -0.2) is 31.4 Å². The SMILES string of the molecule is OCc1cc(F)c(N2CCOCC2)c(F)c1. The van der Waals surface area contributed by atoms with Crippen LogP contribution in [0.15, 0.2) is 12.1 Å². The molecular weight excluding hydrogens is 216 g/mol. The molecule has 0 spiro atoms. The molecule has 1 heterocycles. The van der Waals surface area contributed by atoms with Crippen LogP contribution in [0.5, 0.6) is 0 Å². The zero-order valence-electron chi connectivity index (χ0n) is 8.75. The van der Waals surface area contributed by atoms with Gasteiger partial charge >= 0.3 is 0 Å². The Morgan fingerprint density at radius 3 is 2.25 bits per heavy atom. The average molecular weight is 229 g/mol. The molecule has 88 valence electrons. The standard InChI is InChI=1S/C11H13F2NO2/c12-9-5-8(7-15)6-10(13)11(9)14-1-3-16-4-2-14/h5-6,15H,1-4,7H2. The van der Waals surface area contributed by atoms with Gasteiger partial charge in [0.25, 0.3) is 0 Å². The molecule has 0 bridgehead atoms. The summed E-state index contributed by atoms with van der Waals surface area (Å²) in [5, 5.41) is 8.82. The zero-order chi connectivity index (χ0) is 11.5. The van der Waals surface area contributed by atoms with Gasteiger partial charge in [0.05, 0.1) is 19.8 Å². The third kappa shape index (κ3) is 2.15. The summed E-state index contributed by atoms with van der Waals surface area (Å²) >= 11 is 0. The number of halogens is 2. The molecule has 1 fully saturated rings. The van der Waals surface area contributed by atoms with Gasteiger partial charge in [0.15, 0.2) is 0 Å². The number of aliphatic hydroxyl groups excluding tert-OH is 1. The summed E-state index contributed by atoms with van der Waals surface area (Å²) in [5.41, 5.74) is 0.215. The fourth-order valence-corrected chi connectivity index (χ4v) is 1.80. The van der Waals surface area contributed by atoms with Crippen molar-refractivity contribution in [1.29, 1.82) is 0 Å². The van der Waals surface area contributed by atoms with E-state index in [-0.39, 0.29) is 17.9 Å². The van der Waals surface area contributed by atoms with E-state index in [1.165, 1.54) is 0 Å². The van der Waals surface area contributed by atoms with E-state index in [0.29, 0.717) is 26.3 Å². The molecule has 2 rings (SSSR count). The molecule has 1 saturated heterocycles. The second-order valence-electron chi connectivity index (χ2n) is 3.67. The average Bonchev–Trinajstić information content (AvgIpc) is 2.29. The highest BCUT2D eigenvalue weighted by Gasteiger charge is 2.19. The summed E-state index contributed by atoms with van der Waals surface area (Å²) in [6, 6.07) is 2.32. The fraction of sp³-hybridized carbons (Fsp3) is 0.455. The molecule has 0 unspecified atom stereocenters. The van der Waals surface area contributed by atoms with Gasteiger partial charge in [-0.05, 0) is 17.7 Å². The van der Waals surface area contributed by atoms with E-state index in [1.54, 1.807) is 4.90 Å². The first-order valence-corrected chi connectivity index (χ1v) is 5.14. The molecule has 0 aliphatic carbocycles. The van der Waals surface area contributed by atoms with Crippen LogP contribution in [0.3, 0.4) is 0 Å². The van der Waals surface area contributed by atoms with Gasteiger partial charge in [-0.2, -0.15) is 0 Å². The predicted molar refractivity (Wildman–Crippen MR) is 55.3 cm³/mol. The first-order chi connectivity index (χ1) is 7.72. The quantitative estimate of drug-likeness (QED) is 0.829. The molecular formula is C11H13F2NO2. The molecule has 1 N–H and O–H groups in total. The molecule has 5 heteroatoms. The number of morpholine rings is 1. The first kappa shape index (κ1) is 11.3. The molecule has 0 atom stereocenters. The van der Waals surface area contributed by atoms with Gasteiger partial charge in [-0.3, -0.25) is 0 Å². The Bertz CT molecular complexity index is 355. The number of aliphatic hydroxyl groups is 1. The lowest BCUT2D eigenvalue weighted by Crippen LogP contribution is -2.37. The molecule has 0 aromatic heterocycles. The Balaban J connectivity index is 2.32. The molecule has 0 amide bonds. The van der Waals surface area contributed by atoms with Crippen molar-refractivity contribution < 1.29 is 18.6 Å². The molecule has 1 aromatic rings. The lowest BCUT2D eigenvalue weighted by molar-refractivity contribution is 0.122. The van der Waals surface area contributed by atoms with Crippen LogP contribution in [-0.2, 0) is 11.3 Å². The third-order valence-corrected chi connectivity index (χ3v) is 2.59.